The van der Waals surface area contributed by atoms with Crippen molar-refractivity contribution in [3.63, 3.8) is 0 Å². The van der Waals surface area contributed by atoms with E-state index >= 15 is 0 Å². The number of aromatic nitrogens is 3. The summed E-state index contributed by atoms with van der Waals surface area (Å²) in [5.41, 5.74) is 3.65. The monoisotopic (exact) mass is 475 g/mol. The third-order valence-corrected chi connectivity index (χ3v) is 5.92. The van der Waals surface area contributed by atoms with Gasteiger partial charge in [-0.25, -0.2) is 4.68 Å². The number of fused-ring (bicyclic) bond motifs is 1. The zero-order chi connectivity index (χ0) is 22.9. The second-order valence-corrected chi connectivity index (χ2v) is 8.52. The van der Waals surface area contributed by atoms with Gasteiger partial charge in [0.25, 0.3) is 5.91 Å². The number of nitrogens with one attached hydrogen (secondary N) is 2. The normalized spacial score (nSPS) is 15.1. The average molecular weight is 476 g/mol. The van der Waals surface area contributed by atoms with Crippen LogP contribution in [0.25, 0.3) is 11.4 Å². The third kappa shape index (κ3) is 4.23. The molecule has 4 aromatic rings. The molecule has 6 nitrogen and oxygen atoms in total. The summed E-state index contributed by atoms with van der Waals surface area (Å²) < 4.78 is 1.74. The Kier molecular flexibility index (Phi) is 5.62. The highest BCUT2D eigenvalue weighted by Gasteiger charge is 2.34. The van der Waals surface area contributed by atoms with Crippen LogP contribution in [0.15, 0.2) is 90.1 Å². The zero-order valence-corrected chi connectivity index (χ0v) is 19.1. The molecule has 2 N–H and O–H groups in total. The molecule has 0 saturated carbocycles. The van der Waals surface area contributed by atoms with Gasteiger partial charge in [0, 0.05) is 27.0 Å². The number of nitrogens with zero attached hydrogens (tertiary/aromatic N) is 3. The SMILES string of the molecule is CC1=C(C(=O)Nc2ccccc2)C(c2ccc(Cl)cc2)n2nc(-c3ccc(Cl)cc3)nc2N1. The van der Waals surface area contributed by atoms with E-state index < -0.39 is 6.04 Å². The van der Waals surface area contributed by atoms with Crippen LogP contribution in [0.2, 0.25) is 10.0 Å². The van der Waals surface area contributed by atoms with Gasteiger partial charge in [-0.1, -0.05) is 53.5 Å². The number of para-hydroxylation sites is 1. The minimum Gasteiger partial charge on any atom is -0.328 e. The van der Waals surface area contributed by atoms with Crippen molar-refractivity contribution < 1.29 is 4.79 Å². The van der Waals surface area contributed by atoms with E-state index in [1.165, 1.54) is 0 Å². The highest BCUT2D eigenvalue weighted by atomic mass is 35.5. The molecule has 3 aromatic carbocycles. The van der Waals surface area contributed by atoms with Crippen LogP contribution in [0.4, 0.5) is 11.6 Å². The summed E-state index contributed by atoms with van der Waals surface area (Å²) in [4.78, 5) is 18.1. The van der Waals surface area contributed by atoms with Gasteiger partial charge in [0.05, 0.1) is 5.57 Å². The van der Waals surface area contributed by atoms with Crippen LogP contribution in [0, 0.1) is 0 Å². The van der Waals surface area contributed by atoms with Crippen molar-refractivity contribution in [2.45, 2.75) is 13.0 Å². The maximum Gasteiger partial charge on any atom is 0.255 e. The number of halogens is 2. The molecule has 0 spiro atoms. The summed E-state index contributed by atoms with van der Waals surface area (Å²) in [6.07, 6.45) is 0. The molecule has 1 aliphatic heterocycles. The fourth-order valence-corrected chi connectivity index (χ4v) is 4.09. The van der Waals surface area contributed by atoms with E-state index in [4.69, 9.17) is 28.3 Å². The summed E-state index contributed by atoms with van der Waals surface area (Å²) in [6.45, 7) is 1.86. The van der Waals surface area contributed by atoms with Crippen LogP contribution >= 0.6 is 23.2 Å². The van der Waals surface area contributed by atoms with Crippen LogP contribution in [0.5, 0.6) is 0 Å². The molecule has 164 valence electrons. The number of amides is 1. The number of hydrogen-bond donors (Lipinski definition) is 2. The van der Waals surface area contributed by atoms with Crippen LogP contribution < -0.4 is 10.6 Å². The van der Waals surface area contributed by atoms with Gasteiger partial charge in [-0.2, -0.15) is 4.98 Å². The van der Waals surface area contributed by atoms with Gasteiger partial charge in [0.1, 0.15) is 6.04 Å². The topological polar surface area (TPSA) is 71.8 Å². The quantitative estimate of drug-likeness (QED) is 0.369. The molecular formula is C25H19Cl2N5O. The van der Waals surface area contributed by atoms with Crippen LogP contribution in [0.3, 0.4) is 0 Å². The van der Waals surface area contributed by atoms with E-state index in [1.54, 1.807) is 28.9 Å². The van der Waals surface area contributed by atoms with Crippen molar-refractivity contribution in [2.75, 3.05) is 10.6 Å². The van der Waals surface area contributed by atoms with Crippen LogP contribution in [-0.2, 0) is 4.79 Å². The second kappa shape index (κ2) is 8.73. The van der Waals surface area contributed by atoms with Crippen molar-refractivity contribution in [1.29, 1.82) is 0 Å². The summed E-state index contributed by atoms with van der Waals surface area (Å²) in [5, 5.41) is 12.2. The third-order valence-electron chi connectivity index (χ3n) is 5.42. The average Bonchev–Trinajstić information content (AvgIpc) is 3.23. The Morgan fingerprint density at radius 2 is 1.58 bits per heavy atom. The Labute approximate surface area is 200 Å². The first-order valence-electron chi connectivity index (χ1n) is 10.3. The van der Waals surface area contributed by atoms with Gasteiger partial charge < -0.3 is 10.6 Å². The molecule has 0 aliphatic carbocycles. The molecule has 5 rings (SSSR count). The van der Waals surface area contributed by atoms with E-state index in [2.05, 4.69) is 15.6 Å². The number of carbonyl (C=O) groups is 1. The highest BCUT2D eigenvalue weighted by Crippen LogP contribution is 2.37. The predicted molar refractivity (Wildman–Crippen MR) is 131 cm³/mol. The van der Waals surface area contributed by atoms with Gasteiger partial charge >= 0.3 is 0 Å². The Balaban J connectivity index is 1.60. The lowest BCUT2D eigenvalue weighted by atomic mass is 9.95. The summed E-state index contributed by atoms with van der Waals surface area (Å²) in [6, 6.07) is 23.6. The highest BCUT2D eigenvalue weighted by molar-refractivity contribution is 6.30. The first-order chi connectivity index (χ1) is 16.0. The predicted octanol–water partition coefficient (Wildman–Crippen LogP) is 6.18. The van der Waals surface area contributed by atoms with Gasteiger partial charge in [-0.3, -0.25) is 4.79 Å². The van der Waals surface area contributed by atoms with Gasteiger partial charge in [0.15, 0.2) is 5.82 Å². The molecule has 0 fully saturated rings. The number of hydrogen-bond acceptors (Lipinski definition) is 4. The summed E-state index contributed by atoms with van der Waals surface area (Å²) >= 11 is 12.2. The minimum atomic E-state index is -0.490. The molecule has 2 heterocycles. The second-order valence-electron chi connectivity index (χ2n) is 7.65. The first kappa shape index (κ1) is 21.2. The molecule has 0 bridgehead atoms. The van der Waals surface area contributed by atoms with Crippen molar-refractivity contribution in [3.8, 4) is 11.4 Å². The lowest BCUT2D eigenvalue weighted by molar-refractivity contribution is -0.113. The van der Waals surface area contributed by atoms with Crippen LogP contribution in [-0.4, -0.2) is 20.7 Å². The number of carbonyl (C=O) groups excluding carboxylic acids is 1. The standard InChI is InChI=1S/C25H19Cl2N5O/c1-15-21(24(33)29-20-5-3-2-4-6-20)22(16-7-11-18(26)12-8-16)32-25(28-15)30-23(31-32)17-9-13-19(27)14-10-17/h2-14,22H,1H3,(H,29,33)(H,28,30,31). The van der Waals surface area contributed by atoms with E-state index in [0.29, 0.717) is 38.8 Å². The number of rotatable bonds is 4. The molecule has 1 unspecified atom stereocenters. The number of anilines is 2. The molecular weight excluding hydrogens is 457 g/mol. The fourth-order valence-electron chi connectivity index (χ4n) is 3.84. The van der Waals surface area contributed by atoms with Crippen molar-refractivity contribution >= 4 is 40.7 Å². The van der Waals surface area contributed by atoms with E-state index in [0.717, 1.165) is 11.1 Å². The lowest BCUT2D eigenvalue weighted by Crippen LogP contribution is -2.31. The number of allylic oxidation sites excluding steroid dienone is 1. The van der Waals surface area contributed by atoms with E-state index in [9.17, 15) is 4.79 Å². The Bertz CT molecular complexity index is 1350. The Morgan fingerprint density at radius 3 is 2.24 bits per heavy atom. The number of benzene rings is 3. The van der Waals surface area contributed by atoms with E-state index in [-0.39, 0.29) is 5.91 Å². The molecule has 8 heteroatoms. The molecule has 1 amide bonds. The van der Waals surface area contributed by atoms with Crippen molar-refractivity contribution in [1.82, 2.24) is 14.8 Å². The maximum absolute atomic E-state index is 13.4. The first-order valence-corrected chi connectivity index (χ1v) is 11.1. The molecule has 1 atom stereocenters. The molecule has 1 aliphatic rings. The minimum absolute atomic E-state index is 0.222. The largest absolute Gasteiger partial charge is 0.328 e. The Hall–Kier alpha value is -3.61. The maximum atomic E-state index is 13.4. The zero-order valence-electron chi connectivity index (χ0n) is 17.6. The smallest absolute Gasteiger partial charge is 0.255 e. The van der Waals surface area contributed by atoms with Gasteiger partial charge in [-0.15, -0.1) is 5.10 Å². The van der Waals surface area contributed by atoms with Crippen molar-refractivity contribution in [2.24, 2.45) is 0 Å². The molecule has 1 aromatic heterocycles. The summed E-state index contributed by atoms with van der Waals surface area (Å²) in [5.74, 6) is 0.861. The summed E-state index contributed by atoms with van der Waals surface area (Å²) in [7, 11) is 0. The van der Waals surface area contributed by atoms with Crippen LogP contribution in [0.1, 0.15) is 18.5 Å². The van der Waals surface area contributed by atoms with Gasteiger partial charge in [-0.05, 0) is 61.0 Å². The van der Waals surface area contributed by atoms with Crippen molar-refractivity contribution in [3.05, 3.63) is 106 Å². The molecule has 0 saturated heterocycles. The lowest BCUT2D eigenvalue weighted by Gasteiger charge is -2.28. The van der Waals surface area contributed by atoms with Gasteiger partial charge in [0.2, 0.25) is 5.95 Å². The molecule has 33 heavy (non-hydrogen) atoms. The fraction of sp³-hybridized carbons (Fsp3) is 0.0800. The molecule has 0 radical (unpaired) electrons. The Morgan fingerprint density at radius 1 is 0.939 bits per heavy atom. The van der Waals surface area contributed by atoms with E-state index in [1.807, 2.05) is 61.5 Å².